The van der Waals surface area contributed by atoms with Crippen LogP contribution in [0.5, 0.6) is 5.75 Å². The van der Waals surface area contributed by atoms with Gasteiger partial charge in [0.05, 0.1) is 16.8 Å². The minimum atomic E-state index is -3.66. The molecule has 0 radical (unpaired) electrons. The minimum Gasteiger partial charge on any atom is -0.487 e. The average Bonchev–Trinajstić information content (AvgIpc) is 2.95. The number of anilines is 1. The van der Waals surface area contributed by atoms with Gasteiger partial charge in [0.2, 0.25) is 10.0 Å². The Hall–Kier alpha value is -2.29. The molecular formula is C20H22ClN3O4S. The van der Waals surface area contributed by atoms with Crippen LogP contribution in [0.2, 0.25) is 5.02 Å². The fraction of sp³-hybridized carbons (Fsp3) is 0.350. The zero-order valence-electron chi connectivity index (χ0n) is 15.9. The number of ether oxygens (including phenoxy) is 1. The van der Waals surface area contributed by atoms with Gasteiger partial charge in [-0.05, 0) is 30.7 Å². The molecule has 4 rings (SSSR count). The summed E-state index contributed by atoms with van der Waals surface area (Å²) in [6.45, 7) is 0.866. The summed E-state index contributed by atoms with van der Waals surface area (Å²) >= 11 is 6.13. The number of para-hydroxylation sites is 2. The highest BCUT2D eigenvalue weighted by Crippen LogP contribution is 2.35. The standard InChI is InChI=1S/C20H22ClN3O4S/c1-23-16-10-12-24(20(25)22-15-7-3-2-6-14(15)21)13-11-17(16)28-18-8-4-5-9-19(18)29(23,26)27/h2-9,16-17H,10-13H2,1H3,(H,22,25)/t16-,17-/m0/s1. The van der Waals surface area contributed by atoms with Crippen LogP contribution in [0.3, 0.4) is 0 Å². The lowest BCUT2D eigenvalue weighted by Gasteiger charge is -2.28. The van der Waals surface area contributed by atoms with Crippen LogP contribution in [-0.2, 0) is 10.0 Å². The Bertz CT molecular complexity index is 1030. The number of likely N-dealkylation sites (tertiary alicyclic amines) is 1. The number of hydrogen-bond acceptors (Lipinski definition) is 4. The van der Waals surface area contributed by atoms with Crippen molar-refractivity contribution < 1.29 is 17.9 Å². The van der Waals surface area contributed by atoms with Crippen molar-refractivity contribution in [1.82, 2.24) is 9.21 Å². The van der Waals surface area contributed by atoms with Crippen LogP contribution < -0.4 is 10.1 Å². The number of rotatable bonds is 1. The summed E-state index contributed by atoms with van der Waals surface area (Å²) in [4.78, 5) is 14.6. The van der Waals surface area contributed by atoms with E-state index in [-0.39, 0.29) is 23.1 Å². The van der Waals surface area contributed by atoms with Gasteiger partial charge in [-0.25, -0.2) is 13.2 Å². The molecule has 1 saturated heterocycles. The molecule has 2 aliphatic heterocycles. The first-order valence-corrected chi connectivity index (χ1v) is 11.2. The van der Waals surface area contributed by atoms with Gasteiger partial charge in [-0.3, -0.25) is 0 Å². The van der Waals surface area contributed by atoms with E-state index < -0.39 is 10.0 Å². The third-order valence-electron chi connectivity index (χ3n) is 5.46. The Labute approximate surface area is 175 Å². The summed E-state index contributed by atoms with van der Waals surface area (Å²) < 4.78 is 33.5. The maximum absolute atomic E-state index is 13.0. The molecule has 2 aromatic rings. The average molecular weight is 436 g/mol. The molecule has 0 bridgehead atoms. The van der Waals surface area contributed by atoms with Crippen LogP contribution in [0.25, 0.3) is 0 Å². The summed E-state index contributed by atoms with van der Waals surface area (Å²) in [6.07, 6.45) is 0.663. The highest BCUT2D eigenvalue weighted by atomic mass is 35.5. The smallest absolute Gasteiger partial charge is 0.321 e. The predicted molar refractivity (Wildman–Crippen MR) is 111 cm³/mol. The first kappa shape index (κ1) is 20.0. The molecule has 1 N–H and O–H groups in total. The van der Waals surface area contributed by atoms with Crippen LogP contribution in [0.1, 0.15) is 12.8 Å². The molecule has 0 saturated carbocycles. The number of fused-ring (bicyclic) bond motifs is 2. The molecule has 2 aliphatic rings. The van der Waals surface area contributed by atoms with E-state index in [2.05, 4.69) is 5.32 Å². The van der Waals surface area contributed by atoms with Gasteiger partial charge in [-0.15, -0.1) is 0 Å². The molecule has 2 aromatic carbocycles. The van der Waals surface area contributed by atoms with Crippen LogP contribution in [0, 0.1) is 0 Å². The normalized spacial score (nSPS) is 23.7. The van der Waals surface area contributed by atoms with Crippen molar-refractivity contribution in [1.29, 1.82) is 0 Å². The van der Waals surface area contributed by atoms with Crippen molar-refractivity contribution in [3.8, 4) is 5.75 Å². The Morgan fingerprint density at radius 3 is 2.59 bits per heavy atom. The molecule has 9 heteroatoms. The molecular weight excluding hydrogens is 414 g/mol. The van der Waals surface area contributed by atoms with E-state index in [9.17, 15) is 13.2 Å². The molecule has 0 aromatic heterocycles. The molecule has 2 heterocycles. The first-order valence-electron chi connectivity index (χ1n) is 9.42. The molecule has 2 atom stereocenters. The lowest BCUT2D eigenvalue weighted by molar-refractivity contribution is 0.122. The number of urea groups is 1. The maximum Gasteiger partial charge on any atom is 0.321 e. The zero-order valence-corrected chi connectivity index (χ0v) is 17.5. The summed E-state index contributed by atoms with van der Waals surface area (Å²) in [5.41, 5.74) is 0.544. The van der Waals surface area contributed by atoms with Crippen molar-refractivity contribution in [3.05, 3.63) is 53.6 Å². The number of carbonyl (C=O) groups excluding carboxylic acids is 1. The topological polar surface area (TPSA) is 79.0 Å². The van der Waals surface area contributed by atoms with Crippen molar-refractivity contribution in [3.63, 3.8) is 0 Å². The van der Waals surface area contributed by atoms with Crippen molar-refractivity contribution >= 4 is 33.3 Å². The number of nitrogens with one attached hydrogen (secondary N) is 1. The largest absolute Gasteiger partial charge is 0.487 e. The van der Waals surface area contributed by atoms with Crippen LogP contribution >= 0.6 is 11.6 Å². The maximum atomic E-state index is 13.0. The van der Waals surface area contributed by atoms with Gasteiger partial charge < -0.3 is 15.0 Å². The third kappa shape index (κ3) is 3.80. The van der Waals surface area contributed by atoms with Gasteiger partial charge in [-0.1, -0.05) is 35.9 Å². The second-order valence-corrected chi connectivity index (χ2v) is 9.54. The molecule has 1 fully saturated rings. The van der Waals surface area contributed by atoms with Gasteiger partial charge in [0.15, 0.2) is 0 Å². The Kier molecular flexibility index (Phi) is 5.42. The second-order valence-electron chi connectivity index (χ2n) is 7.17. The minimum absolute atomic E-state index is 0.184. The van der Waals surface area contributed by atoms with E-state index in [4.69, 9.17) is 16.3 Å². The van der Waals surface area contributed by atoms with E-state index in [1.807, 2.05) is 0 Å². The molecule has 0 unspecified atom stereocenters. The highest BCUT2D eigenvalue weighted by molar-refractivity contribution is 7.89. The molecule has 7 nitrogen and oxygen atoms in total. The summed E-state index contributed by atoms with van der Waals surface area (Å²) in [6, 6.07) is 13.1. The lowest BCUT2D eigenvalue weighted by Crippen LogP contribution is -2.44. The van der Waals surface area contributed by atoms with Gasteiger partial charge >= 0.3 is 6.03 Å². The number of likely N-dealkylation sites (N-methyl/N-ethyl adjacent to an activating group) is 1. The number of amides is 2. The number of hydrogen-bond donors (Lipinski definition) is 1. The lowest BCUT2D eigenvalue weighted by atomic mass is 10.1. The molecule has 154 valence electrons. The van der Waals surface area contributed by atoms with E-state index in [1.54, 1.807) is 60.5 Å². The van der Waals surface area contributed by atoms with E-state index in [0.29, 0.717) is 42.4 Å². The number of sulfonamides is 1. The van der Waals surface area contributed by atoms with Gasteiger partial charge in [-0.2, -0.15) is 4.31 Å². The van der Waals surface area contributed by atoms with E-state index in [0.717, 1.165) is 0 Å². The predicted octanol–water partition coefficient (Wildman–Crippen LogP) is 3.42. The highest BCUT2D eigenvalue weighted by Gasteiger charge is 2.41. The van der Waals surface area contributed by atoms with Crippen molar-refractivity contribution in [2.45, 2.75) is 29.9 Å². The quantitative estimate of drug-likeness (QED) is 0.744. The van der Waals surface area contributed by atoms with E-state index >= 15 is 0 Å². The van der Waals surface area contributed by atoms with Crippen molar-refractivity contribution in [2.75, 3.05) is 25.5 Å². The van der Waals surface area contributed by atoms with Crippen molar-refractivity contribution in [2.24, 2.45) is 0 Å². The fourth-order valence-corrected chi connectivity index (χ4v) is 5.54. The molecule has 2 amide bonds. The van der Waals surface area contributed by atoms with Gasteiger partial charge in [0.25, 0.3) is 0 Å². The van der Waals surface area contributed by atoms with Crippen LogP contribution in [0.4, 0.5) is 10.5 Å². The Balaban J connectivity index is 1.54. The second kappa shape index (κ2) is 7.85. The first-order chi connectivity index (χ1) is 13.9. The Morgan fingerprint density at radius 2 is 1.79 bits per heavy atom. The monoisotopic (exact) mass is 435 g/mol. The fourth-order valence-electron chi connectivity index (χ4n) is 3.83. The number of carbonyl (C=O) groups is 1. The van der Waals surface area contributed by atoms with Gasteiger partial charge in [0.1, 0.15) is 16.7 Å². The van der Waals surface area contributed by atoms with Gasteiger partial charge in [0, 0.05) is 26.6 Å². The zero-order chi connectivity index (χ0) is 20.6. The molecule has 0 spiro atoms. The number of nitrogens with zero attached hydrogens (tertiary/aromatic N) is 2. The summed E-state index contributed by atoms with van der Waals surface area (Å²) in [5, 5.41) is 3.29. The molecule has 29 heavy (non-hydrogen) atoms. The molecule has 0 aliphatic carbocycles. The Morgan fingerprint density at radius 1 is 1.10 bits per heavy atom. The number of benzene rings is 2. The third-order valence-corrected chi connectivity index (χ3v) is 7.71. The number of halogens is 1. The summed E-state index contributed by atoms with van der Waals surface area (Å²) in [5.74, 6) is 0.362. The van der Waals surface area contributed by atoms with E-state index in [1.165, 1.54) is 4.31 Å². The summed E-state index contributed by atoms with van der Waals surface area (Å²) in [7, 11) is -2.08. The van der Waals surface area contributed by atoms with Crippen LogP contribution in [0.15, 0.2) is 53.4 Å². The van der Waals surface area contributed by atoms with Crippen LogP contribution in [-0.4, -0.2) is 55.9 Å². The SMILES string of the molecule is CN1[C@H]2CCN(C(=O)Nc3ccccc3Cl)CC[C@@H]2Oc2ccccc2S1(=O)=O.